The highest BCUT2D eigenvalue weighted by Crippen LogP contribution is 2.20. The first-order chi connectivity index (χ1) is 9.15. The molecule has 1 fully saturated rings. The predicted octanol–water partition coefficient (Wildman–Crippen LogP) is 1.91. The monoisotopic (exact) mass is 259 g/mol. The normalized spacial score (nSPS) is 17.0. The largest absolute Gasteiger partial charge is 0.504 e. The quantitative estimate of drug-likeness (QED) is 0.851. The van der Waals surface area contributed by atoms with E-state index in [2.05, 4.69) is 11.9 Å². The van der Waals surface area contributed by atoms with Gasteiger partial charge in [-0.05, 0) is 30.9 Å². The maximum atomic E-state index is 12.4. The number of aromatic hydroxyl groups is 1. The Morgan fingerprint density at radius 2 is 2.16 bits per heavy atom. The topological polar surface area (TPSA) is 57.8 Å². The Kier molecular flexibility index (Phi) is 2.89. The van der Waals surface area contributed by atoms with Crippen molar-refractivity contribution in [3.05, 3.63) is 30.2 Å². The van der Waals surface area contributed by atoms with Crippen LogP contribution in [0, 0.1) is 5.92 Å². The second-order valence-corrected chi connectivity index (χ2v) is 5.23. The molecule has 1 aliphatic rings. The zero-order valence-corrected chi connectivity index (χ0v) is 10.9. The van der Waals surface area contributed by atoms with Crippen LogP contribution >= 0.6 is 0 Å². The number of hydrogen-bond acceptors (Lipinski definition) is 3. The van der Waals surface area contributed by atoms with E-state index in [1.165, 1.54) is 0 Å². The third-order valence-electron chi connectivity index (χ3n) is 3.75. The second-order valence-electron chi connectivity index (χ2n) is 5.23. The molecule has 1 saturated heterocycles. The molecule has 2 aromatic rings. The summed E-state index contributed by atoms with van der Waals surface area (Å²) in [5.74, 6) is 0.734. The maximum Gasteiger partial charge on any atom is 0.274 e. The summed E-state index contributed by atoms with van der Waals surface area (Å²) in [4.78, 5) is 18.4. The fraction of sp³-hybridized carbons (Fsp3) is 0.429. The minimum Gasteiger partial charge on any atom is -0.504 e. The van der Waals surface area contributed by atoms with Gasteiger partial charge in [-0.2, -0.15) is 0 Å². The van der Waals surface area contributed by atoms with Crippen LogP contribution in [-0.2, 0) is 0 Å². The molecule has 3 rings (SSSR count). The van der Waals surface area contributed by atoms with Gasteiger partial charge in [-0.3, -0.25) is 4.79 Å². The summed E-state index contributed by atoms with van der Waals surface area (Å²) in [7, 11) is 0. The van der Waals surface area contributed by atoms with Crippen molar-refractivity contribution in [3.63, 3.8) is 0 Å². The molecule has 3 heterocycles. The molecule has 0 aromatic carbocycles. The van der Waals surface area contributed by atoms with Crippen LogP contribution in [0.2, 0.25) is 0 Å². The Labute approximate surface area is 111 Å². The molecule has 1 aliphatic heterocycles. The van der Waals surface area contributed by atoms with E-state index in [1.54, 1.807) is 28.9 Å². The molecule has 5 nitrogen and oxygen atoms in total. The zero-order chi connectivity index (χ0) is 13.4. The highest BCUT2D eigenvalue weighted by molar-refractivity contribution is 5.93. The first-order valence-electron chi connectivity index (χ1n) is 6.61. The minimum atomic E-state index is -0.0463. The van der Waals surface area contributed by atoms with Crippen LogP contribution in [0.3, 0.4) is 0 Å². The number of rotatable bonds is 1. The van der Waals surface area contributed by atoms with E-state index in [1.807, 2.05) is 4.90 Å². The summed E-state index contributed by atoms with van der Waals surface area (Å²) in [5, 5.41) is 9.70. The number of carbonyl (C=O) groups excluding carboxylic acids is 1. The van der Waals surface area contributed by atoms with Crippen molar-refractivity contribution in [1.82, 2.24) is 14.3 Å². The predicted molar refractivity (Wildman–Crippen MR) is 71.2 cm³/mol. The molecule has 0 unspecified atom stereocenters. The van der Waals surface area contributed by atoms with Crippen molar-refractivity contribution in [1.29, 1.82) is 0 Å². The van der Waals surface area contributed by atoms with E-state index >= 15 is 0 Å². The van der Waals surface area contributed by atoms with Gasteiger partial charge in [0.15, 0.2) is 11.4 Å². The Hall–Kier alpha value is -2.04. The number of likely N-dealkylation sites (tertiary alicyclic amines) is 1. The van der Waals surface area contributed by atoms with Gasteiger partial charge in [0.2, 0.25) is 0 Å². The van der Waals surface area contributed by atoms with Crippen LogP contribution in [0.25, 0.3) is 5.65 Å². The molecular weight excluding hydrogens is 242 g/mol. The number of fused-ring (bicyclic) bond motifs is 1. The molecule has 0 radical (unpaired) electrons. The lowest BCUT2D eigenvalue weighted by Crippen LogP contribution is -2.38. The Bertz CT molecular complexity index is 612. The minimum absolute atomic E-state index is 0.0463. The SMILES string of the molecule is CC1CCN(C(=O)c2cn3cccc(O)c3n2)CC1. The third-order valence-corrected chi connectivity index (χ3v) is 3.75. The van der Waals surface area contributed by atoms with E-state index < -0.39 is 0 Å². The number of imidazole rings is 1. The van der Waals surface area contributed by atoms with Gasteiger partial charge in [0, 0.05) is 25.5 Å². The molecular formula is C14H17N3O2. The summed E-state index contributed by atoms with van der Waals surface area (Å²) in [6.07, 6.45) is 5.54. The molecule has 100 valence electrons. The third kappa shape index (κ3) is 2.16. The van der Waals surface area contributed by atoms with Gasteiger partial charge < -0.3 is 14.4 Å². The van der Waals surface area contributed by atoms with E-state index in [0.29, 0.717) is 17.3 Å². The summed E-state index contributed by atoms with van der Waals surface area (Å²) in [6, 6.07) is 3.29. The van der Waals surface area contributed by atoms with Crippen LogP contribution in [0.4, 0.5) is 0 Å². The summed E-state index contributed by atoms with van der Waals surface area (Å²) >= 11 is 0. The van der Waals surface area contributed by atoms with Crippen LogP contribution in [0.15, 0.2) is 24.5 Å². The molecule has 5 heteroatoms. The highest BCUT2D eigenvalue weighted by atomic mass is 16.3. The molecule has 0 bridgehead atoms. The van der Waals surface area contributed by atoms with Crippen molar-refractivity contribution < 1.29 is 9.90 Å². The molecule has 0 spiro atoms. The van der Waals surface area contributed by atoms with Gasteiger partial charge in [0.25, 0.3) is 5.91 Å². The second kappa shape index (κ2) is 4.57. The first-order valence-corrected chi connectivity index (χ1v) is 6.61. The molecule has 0 aliphatic carbocycles. The van der Waals surface area contributed by atoms with E-state index in [0.717, 1.165) is 25.9 Å². The van der Waals surface area contributed by atoms with Gasteiger partial charge in [0.1, 0.15) is 5.69 Å². The van der Waals surface area contributed by atoms with E-state index in [-0.39, 0.29) is 11.7 Å². The molecule has 2 aromatic heterocycles. The van der Waals surface area contributed by atoms with Gasteiger partial charge in [-0.15, -0.1) is 0 Å². The Morgan fingerprint density at radius 1 is 1.42 bits per heavy atom. The number of amides is 1. The summed E-state index contributed by atoms with van der Waals surface area (Å²) in [6.45, 7) is 3.80. The van der Waals surface area contributed by atoms with E-state index in [4.69, 9.17) is 0 Å². The Balaban J connectivity index is 1.87. The lowest BCUT2D eigenvalue weighted by Gasteiger charge is -2.29. The molecule has 0 saturated carbocycles. The smallest absolute Gasteiger partial charge is 0.274 e. The lowest BCUT2D eigenvalue weighted by atomic mass is 9.99. The van der Waals surface area contributed by atoms with E-state index in [9.17, 15) is 9.90 Å². The molecule has 0 atom stereocenters. The van der Waals surface area contributed by atoms with Gasteiger partial charge >= 0.3 is 0 Å². The summed E-state index contributed by atoms with van der Waals surface area (Å²) in [5.41, 5.74) is 0.826. The number of piperidine rings is 1. The van der Waals surface area contributed by atoms with Gasteiger partial charge in [0.05, 0.1) is 0 Å². The van der Waals surface area contributed by atoms with Crippen molar-refractivity contribution in [3.8, 4) is 5.75 Å². The standard InChI is InChI=1S/C14H17N3O2/c1-10-4-7-16(8-5-10)14(19)11-9-17-6-2-3-12(18)13(17)15-11/h2-3,6,9-10,18H,4-5,7-8H2,1H3. The molecule has 19 heavy (non-hydrogen) atoms. The molecule has 1 amide bonds. The number of nitrogens with zero attached hydrogens (tertiary/aromatic N) is 3. The zero-order valence-electron chi connectivity index (χ0n) is 10.9. The number of pyridine rings is 1. The van der Waals surface area contributed by atoms with Crippen molar-refractivity contribution in [2.75, 3.05) is 13.1 Å². The van der Waals surface area contributed by atoms with Crippen molar-refractivity contribution in [2.24, 2.45) is 5.92 Å². The van der Waals surface area contributed by atoms with Crippen LogP contribution in [0.1, 0.15) is 30.3 Å². The average molecular weight is 259 g/mol. The van der Waals surface area contributed by atoms with Crippen LogP contribution in [-0.4, -0.2) is 38.4 Å². The van der Waals surface area contributed by atoms with Gasteiger partial charge in [-0.1, -0.05) is 6.92 Å². The van der Waals surface area contributed by atoms with Gasteiger partial charge in [-0.25, -0.2) is 4.98 Å². The average Bonchev–Trinajstić information content (AvgIpc) is 2.84. The lowest BCUT2D eigenvalue weighted by molar-refractivity contribution is 0.0692. The van der Waals surface area contributed by atoms with Crippen LogP contribution in [0.5, 0.6) is 5.75 Å². The number of aromatic nitrogens is 2. The number of carbonyl (C=O) groups is 1. The fourth-order valence-electron chi connectivity index (χ4n) is 2.47. The van der Waals surface area contributed by atoms with Crippen molar-refractivity contribution in [2.45, 2.75) is 19.8 Å². The van der Waals surface area contributed by atoms with Crippen molar-refractivity contribution >= 4 is 11.6 Å². The first kappa shape index (κ1) is 12.0. The molecule has 1 N–H and O–H groups in total. The maximum absolute atomic E-state index is 12.4. The van der Waals surface area contributed by atoms with Crippen LogP contribution < -0.4 is 0 Å². The summed E-state index contributed by atoms with van der Waals surface area (Å²) < 4.78 is 1.68. The Morgan fingerprint density at radius 3 is 2.84 bits per heavy atom. The number of hydrogen-bond donors (Lipinski definition) is 1. The highest BCUT2D eigenvalue weighted by Gasteiger charge is 2.23. The fourth-order valence-corrected chi connectivity index (χ4v) is 2.47.